The molecule has 0 aliphatic carbocycles. The van der Waals surface area contributed by atoms with E-state index in [0.29, 0.717) is 0 Å². The first-order chi connectivity index (χ1) is 2.64. The van der Waals surface area contributed by atoms with Gasteiger partial charge in [-0.3, -0.25) is 0 Å². The molecule has 8 heavy (non-hydrogen) atoms. The van der Waals surface area contributed by atoms with Gasteiger partial charge in [-0.1, -0.05) is 0 Å². The first-order valence-corrected chi connectivity index (χ1v) is 1.07. The topological polar surface area (TPSA) is 80.3 Å². The average molecular weight is 235 g/mol. The summed E-state index contributed by atoms with van der Waals surface area (Å²) in [6.07, 6.45) is 0. The van der Waals surface area contributed by atoms with E-state index in [-0.39, 0.29) is 73.8 Å². The maximum Gasteiger partial charge on any atom is 1.00 e. The number of carboxylic acids is 2. The van der Waals surface area contributed by atoms with Crippen molar-refractivity contribution in [2.24, 2.45) is 0 Å². The van der Waals surface area contributed by atoms with Crippen LogP contribution in [-0.2, 0) is 32.0 Å². The summed E-state index contributed by atoms with van der Waals surface area (Å²) in [5, 5.41) is 17.9. The van der Waals surface area contributed by atoms with E-state index in [1.54, 1.807) is 0 Å². The van der Waals surface area contributed by atoms with Gasteiger partial charge in [-0.2, -0.15) is 0 Å². The third kappa shape index (κ3) is 10.3. The maximum absolute atomic E-state index is 8.93. The van der Waals surface area contributed by atoms with Gasteiger partial charge >= 0.3 is 73.8 Å². The molecule has 0 spiro atoms. The van der Waals surface area contributed by atoms with E-state index in [4.69, 9.17) is 19.8 Å². The summed E-state index contributed by atoms with van der Waals surface area (Å²) in [6, 6.07) is 0. The smallest absolute Gasteiger partial charge is 0.543 e. The molecule has 0 aromatic rings. The van der Waals surface area contributed by atoms with Crippen molar-refractivity contribution < 1.29 is 93.6 Å². The van der Waals surface area contributed by atoms with Crippen LogP contribution in [0.4, 0.5) is 0 Å². The Morgan fingerprint density at radius 1 is 1.00 bits per heavy atom. The van der Waals surface area contributed by atoms with Crippen molar-refractivity contribution in [1.29, 1.82) is 0 Å². The number of hydrogen-bond acceptors (Lipinski definition) is 4. The SMILES string of the molecule is O=C([O-])C(=O)[O-].[Ag+].[K+]. The number of carboxylic acid groups (broad SMARTS) is 2. The molecule has 0 radical (unpaired) electrons. The Kier molecular flexibility index (Phi) is 16.8. The maximum atomic E-state index is 8.93. The fraction of sp³-hybridized carbons (Fsp3) is 0. The molecule has 0 aliphatic rings. The zero-order chi connectivity index (χ0) is 5.15. The van der Waals surface area contributed by atoms with Gasteiger partial charge in [0.15, 0.2) is 0 Å². The second kappa shape index (κ2) is 8.32. The van der Waals surface area contributed by atoms with Crippen LogP contribution in [0, 0.1) is 0 Å². The van der Waals surface area contributed by atoms with Crippen LogP contribution in [0.25, 0.3) is 0 Å². The molecular formula is C2AgKO4. The molecule has 0 aromatic carbocycles. The van der Waals surface area contributed by atoms with Crippen molar-refractivity contribution in [1.82, 2.24) is 0 Å². The summed E-state index contributed by atoms with van der Waals surface area (Å²) >= 11 is 0. The Morgan fingerprint density at radius 2 is 1.12 bits per heavy atom. The number of rotatable bonds is 0. The third-order valence-corrected chi connectivity index (χ3v) is 0.167. The van der Waals surface area contributed by atoms with Crippen molar-refractivity contribution >= 4 is 11.9 Å². The molecule has 0 amide bonds. The minimum absolute atomic E-state index is 0. The zero-order valence-electron chi connectivity index (χ0n) is 3.93. The van der Waals surface area contributed by atoms with E-state index in [1.165, 1.54) is 0 Å². The quantitative estimate of drug-likeness (QED) is 0.309. The van der Waals surface area contributed by atoms with Crippen LogP contribution in [-0.4, -0.2) is 11.9 Å². The predicted molar refractivity (Wildman–Crippen MR) is 10.0 cm³/mol. The molecule has 44 valence electrons. The minimum atomic E-state index is -2.19. The molecule has 6 heteroatoms. The van der Waals surface area contributed by atoms with Gasteiger partial charge in [0, 0.05) is 0 Å². The standard InChI is InChI=1S/C2H2O4.Ag.K/c3-1(4)2(5)6;;/h(H,3,4)(H,5,6);;/q;2*+1/p-2. The van der Waals surface area contributed by atoms with Gasteiger partial charge in [-0.25, -0.2) is 0 Å². The van der Waals surface area contributed by atoms with Crippen LogP contribution in [0.5, 0.6) is 0 Å². The van der Waals surface area contributed by atoms with Gasteiger partial charge in [0.05, 0.1) is 11.9 Å². The molecule has 0 rings (SSSR count). The van der Waals surface area contributed by atoms with E-state index in [1.807, 2.05) is 0 Å². The van der Waals surface area contributed by atoms with Crippen LogP contribution in [0.15, 0.2) is 0 Å². The molecule has 0 unspecified atom stereocenters. The van der Waals surface area contributed by atoms with Gasteiger partial charge in [-0.05, 0) is 0 Å². The van der Waals surface area contributed by atoms with E-state index >= 15 is 0 Å². The number of aliphatic carboxylic acids is 2. The molecule has 0 saturated heterocycles. The van der Waals surface area contributed by atoms with Gasteiger partial charge < -0.3 is 19.8 Å². The zero-order valence-corrected chi connectivity index (χ0v) is 8.54. The minimum Gasteiger partial charge on any atom is -0.543 e. The Labute approximate surface area is 104 Å². The Morgan fingerprint density at radius 3 is 1.12 bits per heavy atom. The summed E-state index contributed by atoms with van der Waals surface area (Å²) in [5.41, 5.74) is 0. The molecule has 0 N–H and O–H groups in total. The third-order valence-electron chi connectivity index (χ3n) is 0.167. The first-order valence-electron chi connectivity index (χ1n) is 1.07. The fourth-order valence-electron chi connectivity index (χ4n) is 0. The molecule has 0 fully saturated rings. The Balaban J connectivity index is -0.000000125. The van der Waals surface area contributed by atoms with Gasteiger partial charge in [0.25, 0.3) is 0 Å². The van der Waals surface area contributed by atoms with Crippen molar-refractivity contribution in [3.05, 3.63) is 0 Å². The molecular weight excluding hydrogens is 235 g/mol. The van der Waals surface area contributed by atoms with Crippen molar-refractivity contribution in [2.45, 2.75) is 0 Å². The fourth-order valence-corrected chi connectivity index (χ4v) is 0. The van der Waals surface area contributed by atoms with Crippen molar-refractivity contribution in [3.8, 4) is 0 Å². The second-order valence-corrected chi connectivity index (χ2v) is 0.575. The normalized spacial score (nSPS) is 5.50. The van der Waals surface area contributed by atoms with Crippen LogP contribution in [0.3, 0.4) is 0 Å². The molecule has 4 nitrogen and oxygen atoms in total. The van der Waals surface area contributed by atoms with Gasteiger partial charge in [-0.15, -0.1) is 0 Å². The number of hydrogen-bond donors (Lipinski definition) is 0. The van der Waals surface area contributed by atoms with Crippen LogP contribution in [0.1, 0.15) is 0 Å². The average Bonchev–Trinajstić information content (AvgIpc) is 1.36. The van der Waals surface area contributed by atoms with Gasteiger partial charge in [0.1, 0.15) is 0 Å². The van der Waals surface area contributed by atoms with E-state index < -0.39 is 11.9 Å². The molecule has 0 aliphatic heterocycles. The number of carbonyl (C=O) groups is 2. The van der Waals surface area contributed by atoms with E-state index in [0.717, 1.165) is 0 Å². The Bertz CT molecular complexity index is 80.0. The second-order valence-electron chi connectivity index (χ2n) is 0.575. The monoisotopic (exact) mass is 234 g/mol. The molecule has 0 atom stereocenters. The molecule has 0 bridgehead atoms. The number of carbonyl (C=O) groups excluding carboxylic acids is 2. The van der Waals surface area contributed by atoms with E-state index in [2.05, 4.69) is 0 Å². The summed E-state index contributed by atoms with van der Waals surface area (Å²) < 4.78 is 0. The summed E-state index contributed by atoms with van der Waals surface area (Å²) in [4.78, 5) is 17.9. The summed E-state index contributed by atoms with van der Waals surface area (Å²) in [5.74, 6) is -4.37. The molecule has 0 heterocycles. The van der Waals surface area contributed by atoms with Crippen molar-refractivity contribution in [2.75, 3.05) is 0 Å². The van der Waals surface area contributed by atoms with Gasteiger partial charge in [0.2, 0.25) is 0 Å². The van der Waals surface area contributed by atoms with Crippen LogP contribution in [0.2, 0.25) is 0 Å². The van der Waals surface area contributed by atoms with Crippen LogP contribution >= 0.6 is 0 Å². The predicted octanol–water partition coefficient (Wildman–Crippen LogP) is -6.51. The summed E-state index contributed by atoms with van der Waals surface area (Å²) in [7, 11) is 0. The summed E-state index contributed by atoms with van der Waals surface area (Å²) in [6.45, 7) is 0. The molecule has 0 aromatic heterocycles. The van der Waals surface area contributed by atoms with E-state index in [9.17, 15) is 0 Å². The first kappa shape index (κ1) is 16.2. The van der Waals surface area contributed by atoms with Crippen LogP contribution < -0.4 is 61.6 Å². The Hall–Kier alpha value is 1.32. The largest absolute Gasteiger partial charge is 1.00 e. The van der Waals surface area contributed by atoms with Crippen molar-refractivity contribution in [3.63, 3.8) is 0 Å². The molecule has 0 saturated carbocycles.